The Bertz CT molecular complexity index is 426. The zero-order valence-corrected chi connectivity index (χ0v) is 14.5. The van der Waals surface area contributed by atoms with E-state index >= 15 is 0 Å². The maximum absolute atomic E-state index is 11.9. The first-order valence-electron chi connectivity index (χ1n) is 8.33. The summed E-state index contributed by atoms with van der Waals surface area (Å²) in [5.41, 5.74) is 1.02. The van der Waals surface area contributed by atoms with Crippen molar-refractivity contribution in [3.8, 4) is 0 Å². The van der Waals surface area contributed by atoms with E-state index in [1.54, 1.807) is 0 Å². The van der Waals surface area contributed by atoms with Crippen LogP contribution in [-0.4, -0.2) is 24.7 Å². The van der Waals surface area contributed by atoms with Crippen molar-refractivity contribution in [3.05, 3.63) is 35.9 Å². The first-order valence-corrected chi connectivity index (χ1v) is 8.33. The fourth-order valence-electron chi connectivity index (χ4n) is 2.14. The van der Waals surface area contributed by atoms with Gasteiger partial charge in [-0.2, -0.15) is 0 Å². The van der Waals surface area contributed by atoms with Gasteiger partial charge in [-0.3, -0.25) is 4.79 Å². The molecule has 0 aliphatic rings. The third-order valence-electron chi connectivity index (χ3n) is 3.72. The number of carbonyl (C=O) groups is 1. The smallest absolute Gasteiger partial charge is 0.220 e. The zero-order chi connectivity index (χ0) is 16.4. The molecule has 1 aromatic rings. The van der Waals surface area contributed by atoms with Crippen molar-refractivity contribution in [2.75, 3.05) is 13.2 Å². The van der Waals surface area contributed by atoms with Gasteiger partial charge in [-0.05, 0) is 44.6 Å². The van der Waals surface area contributed by atoms with Crippen LogP contribution in [0.5, 0.6) is 0 Å². The van der Waals surface area contributed by atoms with Gasteiger partial charge in [-0.25, -0.2) is 0 Å². The van der Waals surface area contributed by atoms with Gasteiger partial charge in [0.05, 0.1) is 5.60 Å². The van der Waals surface area contributed by atoms with Crippen LogP contribution in [0.1, 0.15) is 52.5 Å². The first kappa shape index (κ1) is 18.7. The van der Waals surface area contributed by atoms with Crippen molar-refractivity contribution < 1.29 is 9.53 Å². The molecule has 0 aromatic heterocycles. The summed E-state index contributed by atoms with van der Waals surface area (Å²) in [6.45, 7) is 10.0. The third-order valence-corrected chi connectivity index (χ3v) is 3.72. The average molecular weight is 305 g/mol. The molecule has 0 spiro atoms. The van der Waals surface area contributed by atoms with Gasteiger partial charge in [0, 0.05) is 19.6 Å². The number of aryl methyl sites for hydroxylation is 1. The molecule has 0 radical (unpaired) electrons. The number of benzene rings is 1. The van der Waals surface area contributed by atoms with E-state index in [1.807, 2.05) is 18.2 Å². The summed E-state index contributed by atoms with van der Waals surface area (Å²) in [6.07, 6.45) is 3.24. The molecule has 0 atom stereocenters. The quantitative estimate of drug-likeness (QED) is 0.710. The molecule has 0 saturated carbocycles. The minimum absolute atomic E-state index is 0.113. The SMILES string of the molecule is CC(C)CCOC(C)(C)CCNC(=O)CCc1ccccc1. The van der Waals surface area contributed by atoms with E-state index < -0.39 is 0 Å². The monoisotopic (exact) mass is 305 g/mol. The van der Waals surface area contributed by atoms with E-state index in [4.69, 9.17) is 4.74 Å². The molecule has 3 heteroatoms. The van der Waals surface area contributed by atoms with Crippen LogP contribution in [0.15, 0.2) is 30.3 Å². The number of hydrogen-bond acceptors (Lipinski definition) is 2. The molecule has 22 heavy (non-hydrogen) atoms. The Kier molecular flexibility index (Phi) is 8.18. The first-order chi connectivity index (χ1) is 10.4. The van der Waals surface area contributed by atoms with Crippen LogP contribution in [0.25, 0.3) is 0 Å². The summed E-state index contributed by atoms with van der Waals surface area (Å²) in [5, 5.41) is 2.99. The predicted molar refractivity (Wildman–Crippen MR) is 91.9 cm³/mol. The largest absolute Gasteiger partial charge is 0.375 e. The second-order valence-electron chi connectivity index (χ2n) is 6.88. The summed E-state index contributed by atoms with van der Waals surface area (Å²) < 4.78 is 5.90. The third kappa shape index (κ3) is 8.83. The van der Waals surface area contributed by atoms with Crippen molar-refractivity contribution in [1.29, 1.82) is 0 Å². The second-order valence-corrected chi connectivity index (χ2v) is 6.88. The van der Waals surface area contributed by atoms with Crippen LogP contribution in [0.2, 0.25) is 0 Å². The highest BCUT2D eigenvalue weighted by Gasteiger charge is 2.18. The normalized spacial score (nSPS) is 11.7. The van der Waals surface area contributed by atoms with E-state index in [2.05, 4.69) is 45.1 Å². The minimum Gasteiger partial charge on any atom is -0.375 e. The molecule has 0 saturated heterocycles. The maximum atomic E-state index is 11.9. The molecule has 0 bridgehead atoms. The fraction of sp³-hybridized carbons (Fsp3) is 0.632. The molecule has 124 valence electrons. The molecule has 1 N–H and O–H groups in total. The maximum Gasteiger partial charge on any atom is 0.220 e. The van der Waals surface area contributed by atoms with Crippen molar-refractivity contribution in [1.82, 2.24) is 5.32 Å². The van der Waals surface area contributed by atoms with E-state index in [1.165, 1.54) is 5.56 Å². The zero-order valence-electron chi connectivity index (χ0n) is 14.5. The van der Waals surface area contributed by atoms with Crippen LogP contribution in [0, 0.1) is 5.92 Å². The highest BCUT2D eigenvalue weighted by molar-refractivity contribution is 5.76. The van der Waals surface area contributed by atoms with Gasteiger partial charge in [-0.1, -0.05) is 44.2 Å². The molecule has 0 aliphatic heterocycles. The Hall–Kier alpha value is -1.35. The highest BCUT2D eigenvalue weighted by atomic mass is 16.5. The van der Waals surface area contributed by atoms with Gasteiger partial charge in [-0.15, -0.1) is 0 Å². The summed E-state index contributed by atoms with van der Waals surface area (Å²) in [4.78, 5) is 11.9. The van der Waals surface area contributed by atoms with E-state index in [0.29, 0.717) is 18.9 Å². The average Bonchev–Trinajstić information content (AvgIpc) is 2.45. The number of nitrogens with one attached hydrogen (secondary N) is 1. The van der Waals surface area contributed by atoms with Crippen molar-refractivity contribution in [2.45, 2.75) is 59.0 Å². The lowest BCUT2D eigenvalue weighted by Crippen LogP contribution is -2.33. The number of rotatable bonds is 10. The summed E-state index contributed by atoms with van der Waals surface area (Å²) in [6, 6.07) is 10.1. The molecule has 1 amide bonds. The molecular weight excluding hydrogens is 274 g/mol. The lowest BCUT2D eigenvalue weighted by Gasteiger charge is -2.26. The Labute approximate surface area is 135 Å². The second kappa shape index (κ2) is 9.62. The lowest BCUT2D eigenvalue weighted by molar-refractivity contribution is -0.121. The molecule has 0 heterocycles. The van der Waals surface area contributed by atoms with Gasteiger partial charge >= 0.3 is 0 Å². The Morgan fingerprint density at radius 2 is 1.91 bits per heavy atom. The van der Waals surface area contributed by atoms with Crippen molar-refractivity contribution in [3.63, 3.8) is 0 Å². The molecule has 0 fully saturated rings. The molecule has 1 rings (SSSR count). The van der Waals surface area contributed by atoms with Gasteiger partial charge in [0.25, 0.3) is 0 Å². The molecule has 3 nitrogen and oxygen atoms in total. The van der Waals surface area contributed by atoms with Crippen LogP contribution in [-0.2, 0) is 16.0 Å². The van der Waals surface area contributed by atoms with E-state index in [-0.39, 0.29) is 11.5 Å². The van der Waals surface area contributed by atoms with Crippen LogP contribution >= 0.6 is 0 Å². The summed E-state index contributed by atoms with van der Waals surface area (Å²) in [7, 11) is 0. The number of amides is 1. The fourth-order valence-corrected chi connectivity index (χ4v) is 2.14. The number of hydrogen-bond donors (Lipinski definition) is 1. The summed E-state index contributed by atoms with van der Waals surface area (Å²) in [5.74, 6) is 0.773. The Balaban J connectivity index is 2.15. The Morgan fingerprint density at radius 1 is 1.23 bits per heavy atom. The lowest BCUT2D eigenvalue weighted by atomic mass is 10.0. The van der Waals surface area contributed by atoms with Crippen LogP contribution in [0.4, 0.5) is 0 Å². The van der Waals surface area contributed by atoms with Gasteiger partial charge in [0.15, 0.2) is 0 Å². The van der Waals surface area contributed by atoms with Crippen LogP contribution < -0.4 is 5.32 Å². The molecule has 0 unspecified atom stereocenters. The summed E-state index contributed by atoms with van der Waals surface area (Å²) >= 11 is 0. The van der Waals surface area contributed by atoms with Crippen molar-refractivity contribution >= 4 is 5.91 Å². The van der Waals surface area contributed by atoms with Crippen molar-refractivity contribution in [2.24, 2.45) is 5.92 Å². The van der Waals surface area contributed by atoms with Gasteiger partial charge in [0.1, 0.15) is 0 Å². The molecule has 1 aromatic carbocycles. The van der Waals surface area contributed by atoms with Crippen LogP contribution in [0.3, 0.4) is 0 Å². The predicted octanol–water partition coefficient (Wildman–Crippen LogP) is 3.97. The standard InChI is InChI=1S/C19H31NO2/c1-16(2)12-15-22-19(3,4)13-14-20-18(21)11-10-17-8-6-5-7-9-17/h5-9,16H,10-15H2,1-4H3,(H,20,21). The van der Waals surface area contributed by atoms with E-state index in [0.717, 1.165) is 25.9 Å². The number of carbonyl (C=O) groups excluding carboxylic acids is 1. The number of ether oxygens (including phenoxy) is 1. The van der Waals surface area contributed by atoms with Gasteiger partial charge < -0.3 is 10.1 Å². The topological polar surface area (TPSA) is 38.3 Å². The minimum atomic E-state index is -0.179. The highest BCUT2D eigenvalue weighted by Crippen LogP contribution is 2.15. The molecule has 0 aliphatic carbocycles. The Morgan fingerprint density at radius 3 is 2.55 bits per heavy atom. The molecular formula is C19H31NO2. The van der Waals surface area contributed by atoms with Gasteiger partial charge in [0.2, 0.25) is 5.91 Å². The van der Waals surface area contributed by atoms with E-state index in [9.17, 15) is 4.79 Å².